The largest absolute Gasteiger partial charge is 1.00 e. The third-order valence-electron chi connectivity index (χ3n) is 1.35. The molecule has 0 aliphatic rings. The van der Waals surface area contributed by atoms with Crippen molar-refractivity contribution in [2.75, 3.05) is 0 Å². The summed E-state index contributed by atoms with van der Waals surface area (Å²) in [4.78, 5) is 31.4. The van der Waals surface area contributed by atoms with Gasteiger partial charge in [-0.25, -0.2) is 0 Å². The number of aliphatic carboxylic acids is 2. The molecule has 0 radical (unpaired) electrons. The molecule has 0 unspecified atom stereocenters. The van der Waals surface area contributed by atoms with Gasteiger partial charge in [-0.1, -0.05) is 6.58 Å². The van der Waals surface area contributed by atoms with Crippen molar-refractivity contribution in [2.24, 2.45) is 0 Å². The summed E-state index contributed by atoms with van der Waals surface area (Å²) in [6.45, 7) is 4.62. The zero-order chi connectivity index (χ0) is 11.3. The van der Waals surface area contributed by atoms with Gasteiger partial charge in [-0.3, -0.25) is 4.79 Å². The van der Waals surface area contributed by atoms with Gasteiger partial charge in [-0.15, -0.1) is 0 Å². The Labute approximate surface area is 178 Å². The molecule has 8 heteroatoms. The van der Waals surface area contributed by atoms with Crippen LogP contribution in [-0.2, 0) is 14.4 Å². The number of rotatable bonds is 5. The van der Waals surface area contributed by atoms with Crippen LogP contribution in [0.3, 0.4) is 0 Å². The molecule has 0 aliphatic carbocycles. The smallest absolute Gasteiger partial charge is 0.550 e. The summed E-state index contributed by atoms with van der Waals surface area (Å²) >= 11 is 0. The summed E-state index contributed by atoms with van der Waals surface area (Å²) in [5.41, 5.74) is 0.0783. The van der Waals surface area contributed by atoms with E-state index in [2.05, 4.69) is 6.58 Å². The van der Waals surface area contributed by atoms with E-state index in [9.17, 15) is 24.6 Å². The molecule has 0 bridgehead atoms. The number of carboxylic acids is 2. The first-order chi connectivity index (χ1) is 6.34. The first-order valence-electron chi connectivity index (χ1n) is 3.71. The molecule has 1 amide bonds. The molecule has 0 rings (SSSR count). The van der Waals surface area contributed by atoms with Crippen molar-refractivity contribution < 1.29 is 127 Å². The first-order valence-corrected chi connectivity index (χ1v) is 3.71. The monoisotopic (exact) mass is 277 g/mol. The fourth-order valence-electron chi connectivity index (χ4n) is 0.641. The number of carbonyl (C=O) groups excluding carboxylic acids is 3. The Balaban J connectivity index is -0.000000845. The van der Waals surface area contributed by atoms with E-state index in [1.54, 1.807) is 0 Å². The van der Waals surface area contributed by atoms with Crippen molar-refractivity contribution in [3.05, 3.63) is 12.2 Å². The molecule has 0 fully saturated rings. The molecule has 0 aromatic carbocycles. The van der Waals surface area contributed by atoms with E-state index in [1.165, 1.54) is 6.92 Å². The van der Waals surface area contributed by atoms with Gasteiger partial charge < -0.3 is 25.1 Å². The third-order valence-corrected chi connectivity index (χ3v) is 1.35. The number of hydrogen-bond acceptors (Lipinski definition) is 5. The molecule has 0 heterocycles. The van der Waals surface area contributed by atoms with Gasteiger partial charge in [0.15, 0.2) is 0 Å². The summed E-state index contributed by atoms with van der Waals surface area (Å²) < 4.78 is 0. The summed E-state index contributed by atoms with van der Waals surface area (Å²) in [6, 6.07) is -1.59. The Morgan fingerprint density at radius 2 is 1.69 bits per heavy atom. The predicted molar refractivity (Wildman–Crippen MR) is 41.4 cm³/mol. The van der Waals surface area contributed by atoms with Crippen LogP contribution >= 0.6 is 0 Å². The molecule has 0 saturated heterocycles. The minimum absolute atomic E-state index is 0. The molecule has 6 nitrogen and oxygen atoms in total. The molecule has 0 saturated carbocycles. The molecule has 0 aliphatic heterocycles. The van der Waals surface area contributed by atoms with Gasteiger partial charge >= 0.3 is 103 Å². The molecule has 0 aromatic heterocycles. The fourth-order valence-corrected chi connectivity index (χ4v) is 0.641. The maximum Gasteiger partial charge on any atom is 1.00 e. The zero-order valence-electron chi connectivity index (χ0n) is 9.53. The van der Waals surface area contributed by atoms with Crippen molar-refractivity contribution >= 4 is 17.8 Å². The third kappa shape index (κ3) is 10.6. The summed E-state index contributed by atoms with van der Waals surface area (Å²) in [6.07, 6.45) is -0.832. The normalized spacial score (nSPS) is 10.1. The van der Waals surface area contributed by atoms with Crippen LogP contribution in [0.5, 0.6) is 0 Å². The molecule has 78 valence electrons. The van der Waals surface area contributed by atoms with E-state index in [4.69, 9.17) is 0 Å². The Bertz CT molecular complexity index is 292. The van der Waals surface area contributed by atoms with Crippen molar-refractivity contribution in [1.29, 1.82) is 0 Å². The second kappa shape index (κ2) is 11.5. The molecule has 0 spiro atoms. The molecule has 1 atom stereocenters. The van der Waals surface area contributed by atoms with Gasteiger partial charge in [-0.2, -0.15) is 0 Å². The van der Waals surface area contributed by atoms with Crippen LogP contribution in [-0.4, -0.2) is 23.9 Å². The first kappa shape index (κ1) is 22.6. The van der Waals surface area contributed by atoms with Crippen LogP contribution in [0.4, 0.5) is 0 Å². The summed E-state index contributed by atoms with van der Waals surface area (Å²) in [5.74, 6) is -3.99. The van der Waals surface area contributed by atoms with Crippen LogP contribution in [0.2, 0.25) is 0 Å². The Morgan fingerprint density at radius 1 is 1.25 bits per heavy atom. The number of hydrogen-bond donors (Lipinski definition) is 1. The Kier molecular flexibility index (Phi) is 16.2. The van der Waals surface area contributed by atoms with Gasteiger partial charge in [0.05, 0.1) is 12.0 Å². The SMILES string of the molecule is C=C(C)C(=O)N[C@@H](CC(=O)[O-])C(=O)[O-].[K+].[K+]. The number of nitrogens with one attached hydrogen (secondary N) is 1. The zero-order valence-corrected chi connectivity index (χ0v) is 15.8. The number of amides is 1. The maximum atomic E-state index is 10.9. The van der Waals surface area contributed by atoms with E-state index in [0.29, 0.717) is 0 Å². The van der Waals surface area contributed by atoms with E-state index in [0.717, 1.165) is 0 Å². The predicted octanol–water partition coefficient (Wildman–Crippen LogP) is -9.05. The van der Waals surface area contributed by atoms with Crippen LogP contribution in [0.25, 0.3) is 0 Å². The Hall–Kier alpha value is 1.42. The molecule has 0 aromatic rings. The standard InChI is InChI=1S/C8H11NO5.2K/c1-4(2)7(12)9-5(8(13)14)3-6(10)11;;/h5H,1,3H2,2H3,(H,9,12)(H,10,11)(H,13,14);;/q;2*+1/p-2/t5-;;/m0../s1. The molecular formula is C8H9K2NO5. The minimum Gasteiger partial charge on any atom is -0.550 e. The van der Waals surface area contributed by atoms with Gasteiger partial charge in [0, 0.05) is 18.0 Å². The minimum atomic E-state index is -1.68. The van der Waals surface area contributed by atoms with Gasteiger partial charge in [0.25, 0.3) is 0 Å². The van der Waals surface area contributed by atoms with E-state index in [-0.39, 0.29) is 108 Å². The number of carboxylic acid groups (broad SMARTS) is 2. The average Bonchev–Trinajstić information content (AvgIpc) is 2.01. The fraction of sp³-hybridized carbons (Fsp3) is 0.375. The van der Waals surface area contributed by atoms with Crippen molar-refractivity contribution in [2.45, 2.75) is 19.4 Å². The maximum absolute atomic E-state index is 10.9. The van der Waals surface area contributed by atoms with Crippen LogP contribution in [0.15, 0.2) is 12.2 Å². The Morgan fingerprint density at radius 3 is 1.94 bits per heavy atom. The van der Waals surface area contributed by atoms with Gasteiger partial charge in [-0.05, 0) is 6.92 Å². The van der Waals surface area contributed by atoms with E-state index < -0.39 is 30.3 Å². The van der Waals surface area contributed by atoms with E-state index >= 15 is 0 Å². The topological polar surface area (TPSA) is 109 Å². The molecular weight excluding hydrogens is 268 g/mol. The molecule has 16 heavy (non-hydrogen) atoms. The summed E-state index contributed by atoms with van der Waals surface area (Å²) in [7, 11) is 0. The second-order valence-corrected chi connectivity index (χ2v) is 2.70. The van der Waals surface area contributed by atoms with Crippen molar-refractivity contribution in [1.82, 2.24) is 5.32 Å². The van der Waals surface area contributed by atoms with Gasteiger partial charge in [0.2, 0.25) is 5.91 Å². The summed E-state index contributed by atoms with van der Waals surface area (Å²) in [5, 5.41) is 22.4. The molecule has 1 N–H and O–H groups in total. The van der Waals surface area contributed by atoms with Crippen LogP contribution in [0, 0.1) is 0 Å². The van der Waals surface area contributed by atoms with Crippen molar-refractivity contribution in [3.8, 4) is 0 Å². The average molecular weight is 277 g/mol. The van der Waals surface area contributed by atoms with Crippen LogP contribution in [0.1, 0.15) is 13.3 Å². The van der Waals surface area contributed by atoms with Crippen molar-refractivity contribution in [3.63, 3.8) is 0 Å². The quantitative estimate of drug-likeness (QED) is 0.396. The number of carbonyl (C=O) groups is 3. The van der Waals surface area contributed by atoms with Crippen LogP contribution < -0.4 is 118 Å². The second-order valence-electron chi connectivity index (χ2n) is 2.70. The van der Waals surface area contributed by atoms with Gasteiger partial charge in [0.1, 0.15) is 0 Å². The van der Waals surface area contributed by atoms with E-state index in [1.807, 2.05) is 5.32 Å².